The van der Waals surface area contributed by atoms with Gasteiger partial charge in [-0.05, 0) is 27.2 Å². The van der Waals surface area contributed by atoms with Crippen molar-refractivity contribution in [3.63, 3.8) is 0 Å². The van der Waals surface area contributed by atoms with Crippen molar-refractivity contribution in [2.24, 2.45) is 0 Å². The predicted octanol–water partition coefficient (Wildman–Crippen LogP) is 0.770. The van der Waals surface area contributed by atoms with E-state index >= 15 is 0 Å². The first-order chi connectivity index (χ1) is 9.20. The van der Waals surface area contributed by atoms with Gasteiger partial charge in [0.05, 0.1) is 0 Å². The van der Waals surface area contributed by atoms with Gasteiger partial charge in [-0.25, -0.2) is 14.6 Å². The molecule has 0 aromatic carbocycles. The van der Waals surface area contributed by atoms with Gasteiger partial charge in [0.15, 0.2) is 0 Å². The fraction of sp³-hybridized carbons (Fsp3) is 0.538. The number of nitrogens with zero attached hydrogens (tertiary/aromatic N) is 2. The molecule has 1 atom stereocenters. The van der Waals surface area contributed by atoms with Gasteiger partial charge in [0.25, 0.3) is 5.56 Å². The highest BCUT2D eigenvalue weighted by molar-refractivity contribution is 5.87. The Kier molecular flexibility index (Phi) is 3.37. The lowest BCUT2D eigenvalue weighted by Gasteiger charge is -2.22. The van der Waals surface area contributed by atoms with E-state index in [4.69, 9.17) is 9.84 Å². The number of carboxylic acids is 1. The number of carbonyl (C=O) groups is 2. The number of hydrogen-bond acceptors (Lipinski definition) is 5. The molecule has 1 aromatic rings. The molecule has 20 heavy (non-hydrogen) atoms. The van der Waals surface area contributed by atoms with Crippen molar-refractivity contribution in [1.29, 1.82) is 0 Å². The first kappa shape index (κ1) is 14.2. The molecule has 7 heteroatoms. The molecule has 0 bridgehead atoms. The second-order valence-corrected chi connectivity index (χ2v) is 5.66. The molecule has 7 nitrogen and oxygen atoms in total. The normalized spacial score (nSPS) is 17.6. The van der Waals surface area contributed by atoms with E-state index in [0.29, 0.717) is 18.7 Å². The van der Waals surface area contributed by atoms with Gasteiger partial charge >= 0.3 is 11.9 Å². The Balaban J connectivity index is 2.42. The summed E-state index contributed by atoms with van der Waals surface area (Å²) in [5.41, 5.74) is -1.82. The van der Waals surface area contributed by atoms with Crippen molar-refractivity contribution in [2.75, 3.05) is 0 Å². The van der Waals surface area contributed by atoms with Gasteiger partial charge in [-0.15, -0.1) is 0 Å². The molecule has 1 aliphatic rings. The van der Waals surface area contributed by atoms with E-state index in [0.717, 1.165) is 10.8 Å². The van der Waals surface area contributed by atoms with Crippen molar-refractivity contribution in [3.05, 3.63) is 27.9 Å². The quantitative estimate of drug-likeness (QED) is 0.803. The monoisotopic (exact) mass is 280 g/mol. The lowest BCUT2D eigenvalue weighted by Crippen LogP contribution is -2.35. The minimum atomic E-state index is -1.35. The number of carbonyl (C=O) groups excluding carboxylic acids is 1. The fourth-order valence-electron chi connectivity index (χ4n) is 2.14. The molecule has 0 fully saturated rings. The zero-order chi connectivity index (χ0) is 15.1. The van der Waals surface area contributed by atoms with Crippen molar-refractivity contribution < 1.29 is 19.4 Å². The summed E-state index contributed by atoms with van der Waals surface area (Å²) in [5, 5.41) is 8.94. The number of fused-ring (bicyclic) bond motifs is 1. The summed E-state index contributed by atoms with van der Waals surface area (Å²) < 4.78 is 6.40. The van der Waals surface area contributed by atoms with Gasteiger partial charge in [-0.1, -0.05) is 0 Å². The molecule has 108 valence electrons. The maximum absolute atomic E-state index is 12.1. The molecule has 0 saturated heterocycles. The summed E-state index contributed by atoms with van der Waals surface area (Å²) >= 11 is 0. The third-order valence-corrected chi connectivity index (χ3v) is 2.93. The maximum atomic E-state index is 12.1. The molecule has 0 unspecified atom stereocenters. The zero-order valence-electron chi connectivity index (χ0n) is 11.5. The van der Waals surface area contributed by atoms with Gasteiger partial charge in [-0.2, -0.15) is 0 Å². The van der Waals surface area contributed by atoms with Crippen LogP contribution in [0.3, 0.4) is 0 Å². The van der Waals surface area contributed by atoms with Crippen molar-refractivity contribution in [2.45, 2.75) is 45.3 Å². The third-order valence-electron chi connectivity index (χ3n) is 2.93. The van der Waals surface area contributed by atoms with Gasteiger partial charge in [0.1, 0.15) is 23.0 Å². The Labute approximate surface area is 115 Å². The summed E-state index contributed by atoms with van der Waals surface area (Å²) in [7, 11) is 0. The largest absolute Gasteiger partial charge is 0.477 e. The molecule has 2 rings (SSSR count). The first-order valence-corrected chi connectivity index (χ1v) is 6.27. The number of hydrogen-bond donors (Lipinski definition) is 1. The number of rotatable bonds is 2. The van der Waals surface area contributed by atoms with Crippen LogP contribution < -0.4 is 5.56 Å². The van der Waals surface area contributed by atoms with Crippen LogP contribution in [-0.2, 0) is 16.0 Å². The van der Waals surface area contributed by atoms with Crippen LogP contribution in [0.1, 0.15) is 49.4 Å². The summed E-state index contributed by atoms with van der Waals surface area (Å²) in [6.07, 6.45) is 1.87. The van der Waals surface area contributed by atoms with E-state index in [-0.39, 0.29) is 0 Å². The molecule has 1 aromatic heterocycles. The van der Waals surface area contributed by atoms with Crippen molar-refractivity contribution in [1.82, 2.24) is 9.55 Å². The summed E-state index contributed by atoms with van der Waals surface area (Å²) in [6.45, 7) is 5.19. The van der Waals surface area contributed by atoms with Crippen molar-refractivity contribution >= 4 is 11.9 Å². The van der Waals surface area contributed by atoms with Crippen LogP contribution in [-0.4, -0.2) is 32.2 Å². The van der Waals surface area contributed by atoms with Crippen LogP contribution in [0.15, 0.2) is 11.0 Å². The van der Waals surface area contributed by atoms with Crippen LogP contribution in [0, 0.1) is 0 Å². The number of ether oxygens (including phenoxy) is 1. The van der Waals surface area contributed by atoms with Crippen LogP contribution >= 0.6 is 0 Å². The number of aromatic nitrogens is 2. The molecule has 1 N–H and O–H groups in total. The summed E-state index contributed by atoms with van der Waals surface area (Å²) in [6, 6.07) is -0.802. The van der Waals surface area contributed by atoms with Crippen LogP contribution in [0.4, 0.5) is 0 Å². The number of carboxylic acid groups (broad SMARTS) is 1. The maximum Gasteiger partial charge on any atom is 0.342 e. The lowest BCUT2D eigenvalue weighted by molar-refractivity contribution is -0.158. The zero-order valence-corrected chi connectivity index (χ0v) is 11.5. The first-order valence-electron chi connectivity index (χ1n) is 6.27. The Morgan fingerprint density at radius 3 is 2.65 bits per heavy atom. The number of aryl methyl sites for hydroxylation is 1. The van der Waals surface area contributed by atoms with E-state index < -0.39 is 34.7 Å². The van der Waals surface area contributed by atoms with Crippen LogP contribution in [0.25, 0.3) is 0 Å². The fourth-order valence-corrected chi connectivity index (χ4v) is 2.14. The molecule has 2 heterocycles. The van der Waals surface area contributed by atoms with Gasteiger partial charge in [0.2, 0.25) is 0 Å². The molecule has 0 spiro atoms. The molecule has 0 amide bonds. The molecule has 0 radical (unpaired) electrons. The third kappa shape index (κ3) is 2.56. The minimum Gasteiger partial charge on any atom is -0.477 e. The smallest absolute Gasteiger partial charge is 0.342 e. The van der Waals surface area contributed by atoms with E-state index in [1.807, 2.05) is 0 Å². The number of aromatic carboxylic acids is 1. The van der Waals surface area contributed by atoms with Gasteiger partial charge in [0, 0.05) is 12.6 Å². The molecule has 0 aliphatic carbocycles. The summed E-state index contributed by atoms with van der Waals surface area (Å²) in [5.74, 6) is -1.48. The SMILES string of the molecule is CC(C)(C)OC(=O)[C@@H]1CCc2ncc(C(=O)O)c(=O)n21. The highest BCUT2D eigenvalue weighted by atomic mass is 16.6. The van der Waals surface area contributed by atoms with E-state index in [1.165, 1.54) is 0 Å². The second kappa shape index (κ2) is 4.73. The van der Waals surface area contributed by atoms with Gasteiger partial charge < -0.3 is 9.84 Å². The highest BCUT2D eigenvalue weighted by Gasteiger charge is 2.34. The van der Waals surface area contributed by atoms with E-state index in [9.17, 15) is 14.4 Å². The second-order valence-electron chi connectivity index (χ2n) is 5.66. The predicted molar refractivity (Wildman–Crippen MR) is 68.7 cm³/mol. The number of esters is 1. The average molecular weight is 280 g/mol. The minimum absolute atomic E-state index is 0.389. The Bertz CT molecular complexity index is 627. The molecular formula is C13H16N2O5. The van der Waals surface area contributed by atoms with E-state index in [1.54, 1.807) is 20.8 Å². The lowest BCUT2D eigenvalue weighted by atomic mass is 10.1. The average Bonchev–Trinajstić information content (AvgIpc) is 2.71. The van der Waals surface area contributed by atoms with E-state index in [2.05, 4.69) is 4.98 Å². The molecular weight excluding hydrogens is 264 g/mol. The Morgan fingerprint density at radius 2 is 2.10 bits per heavy atom. The summed E-state index contributed by atoms with van der Waals surface area (Å²) in [4.78, 5) is 39.1. The van der Waals surface area contributed by atoms with Crippen LogP contribution in [0.5, 0.6) is 0 Å². The highest BCUT2D eigenvalue weighted by Crippen LogP contribution is 2.25. The molecule has 0 saturated carbocycles. The van der Waals surface area contributed by atoms with Crippen LogP contribution in [0.2, 0.25) is 0 Å². The Morgan fingerprint density at radius 1 is 1.45 bits per heavy atom. The van der Waals surface area contributed by atoms with Crippen molar-refractivity contribution in [3.8, 4) is 0 Å². The Hall–Kier alpha value is -2.18. The standard InChI is InChI=1S/C13H16N2O5/c1-13(2,3)20-12(19)8-4-5-9-14-6-7(11(17)18)10(16)15(8)9/h6,8H,4-5H2,1-3H3,(H,17,18)/t8-/m0/s1. The molecule has 1 aliphatic heterocycles. The topological polar surface area (TPSA) is 98.5 Å². The van der Waals surface area contributed by atoms with Gasteiger partial charge in [-0.3, -0.25) is 9.36 Å².